The number of halogens is 1. The van der Waals surface area contributed by atoms with Crippen LogP contribution in [0.25, 0.3) is 5.65 Å². The van der Waals surface area contributed by atoms with Gasteiger partial charge in [0, 0.05) is 44.2 Å². The lowest BCUT2D eigenvalue weighted by atomic mass is 9.73. The number of amides is 2. The molecule has 148 valence electrons. The molecule has 5 rings (SSSR count). The van der Waals surface area contributed by atoms with Gasteiger partial charge in [0.05, 0.1) is 0 Å². The summed E-state index contributed by atoms with van der Waals surface area (Å²) in [4.78, 5) is 33.4. The van der Waals surface area contributed by atoms with Crippen molar-refractivity contribution in [2.75, 3.05) is 26.2 Å². The highest BCUT2D eigenvalue weighted by Crippen LogP contribution is 2.41. The van der Waals surface area contributed by atoms with Gasteiger partial charge in [-0.05, 0) is 50.2 Å². The van der Waals surface area contributed by atoms with Crippen molar-refractivity contribution >= 4 is 17.5 Å². The number of rotatable bonds is 3. The van der Waals surface area contributed by atoms with E-state index in [1.165, 1.54) is 17.2 Å². The Kier molecular flexibility index (Phi) is 4.14. The molecule has 7 heteroatoms. The van der Waals surface area contributed by atoms with Crippen LogP contribution in [0.2, 0.25) is 0 Å². The van der Waals surface area contributed by atoms with Gasteiger partial charge in [-0.1, -0.05) is 6.07 Å². The Morgan fingerprint density at radius 1 is 1.25 bits per heavy atom. The summed E-state index contributed by atoms with van der Waals surface area (Å²) in [6, 6.07) is 5.19. The topological polar surface area (TPSA) is 57.9 Å². The van der Waals surface area contributed by atoms with Crippen LogP contribution in [0.1, 0.15) is 49.0 Å². The van der Waals surface area contributed by atoms with E-state index in [-0.39, 0.29) is 22.9 Å². The molecule has 2 amide bonds. The molecular formula is C21H25FN4O2. The molecule has 2 saturated heterocycles. The van der Waals surface area contributed by atoms with E-state index in [9.17, 15) is 14.0 Å². The minimum atomic E-state index is -0.602. The fourth-order valence-corrected chi connectivity index (χ4v) is 4.85. The summed E-state index contributed by atoms with van der Waals surface area (Å²) in [5.41, 5.74) is 0.269. The highest BCUT2D eigenvalue weighted by atomic mass is 19.1. The van der Waals surface area contributed by atoms with E-state index >= 15 is 0 Å². The second-order valence-corrected chi connectivity index (χ2v) is 8.73. The maximum atomic E-state index is 14.7. The monoisotopic (exact) mass is 384 g/mol. The lowest BCUT2D eigenvalue weighted by Crippen LogP contribution is -2.55. The number of hydrogen-bond acceptors (Lipinski definition) is 3. The zero-order valence-electron chi connectivity index (χ0n) is 15.9. The standard InChI is InChI=1S/C21H25FN4O2/c22-19-18(23-16-4-1-2-11-26(16)19)20(28)24-10-3-8-21(13-24)9-7-17(27)25(14-21)12-15-5-6-15/h1-2,4,11,15H,3,5-10,12-14H2. The van der Waals surface area contributed by atoms with Crippen molar-refractivity contribution in [2.24, 2.45) is 11.3 Å². The van der Waals surface area contributed by atoms with Crippen molar-refractivity contribution in [2.45, 2.75) is 38.5 Å². The zero-order chi connectivity index (χ0) is 19.3. The summed E-state index contributed by atoms with van der Waals surface area (Å²) in [7, 11) is 0. The predicted octanol–water partition coefficient (Wildman–Crippen LogP) is 2.73. The molecule has 1 unspecified atom stereocenters. The Labute approximate surface area is 163 Å². The summed E-state index contributed by atoms with van der Waals surface area (Å²) in [6.07, 6.45) is 7.27. The highest BCUT2D eigenvalue weighted by Gasteiger charge is 2.44. The molecule has 0 bridgehead atoms. The lowest BCUT2D eigenvalue weighted by molar-refractivity contribution is -0.139. The van der Waals surface area contributed by atoms with Crippen molar-refractivity contribution in [1.82, 2.24) is 19.2 Å². The number of hydrogen-bond donors (Lipinski definition) is 0. The number of nitrogens with zero attached hydrogens (tertiary/aromatic N) is 4. The van der Waals surface area contributed by atoms with Gasteiger partial charge in [0.1, 0.15) is 5.65 Å². The van der Waals surface area contributed by atoms with Crippen LogP contribution < -0.4 is 0 Å². The summed E-state index contributed by atoms with van der Waals surface area (Å²) in [5.74, 6) is -0.0415. The fraction of sp³-hybridized carbons (Fsp3) is 0.571. The zero-order valence-corrected chi connectivity index (χ0v) is 15.9. The molecule has 4 heterocycles. The van der Waals surface area contributed by atoms with E-state index < -0.39 is 5.95 Å². The molecule has 6 nitrogen and oxygen atoms in total. The number of likely N-dealkylation sites (tertiary alicyclic amines) is 2. The van der Waals surface area contributed by atoms with Crippen molar-refractivity contribution in [3.05, 3.63) is 36.0 Å². The lowest BCUT2D eigenvalue weighted by Gasteiger charge is -2.48. The van der Waals surface area contributed by atoms with Gasteiger partial charge in [-0.15, -0.1) is 0 Å². The maximum absolute atomic E-state index is 14.7. The van der Waals surface area contributed by atoms with Gasteiger partial charge in [0.15, 0.2) is 5.69 Å². The Morgan fingerprint density at radius 2 is 2.11 bits per heavy atom. The van der Waals surface area contributed by atoms with Gasteiger partial charge in [-0.3, -0.25) is 14.0 Å². The smallest absolute Gasteiger partial charge is 0.277 e. The first-order valence-electron chi connectivity index (χ1n) is 10.2. The van der Waals surface area contributed by atoms with Crippen LogP contribution in [0.4, 0.5) is 4.39 Å². The van der Waals surface area contributed by atoms with Crippen molar-refractivity contribution < 1.29 is 14.0 Å². The number of aromatic nitrogens is 2. The number of imidazole rings is 1. The molecule has 1 aliphatic carbocycles. The third kappa shape index (κ3) is 3.06. The van der Waals surface area contributed by atoms with E-state index in [2.05, 4.69) is 4.98 Å². The summed E-state index contributed by atoms with van der Waals surface area (Å²) in [5, 5.41) is 0. The van der Waals surface area contributed by atoms with Gasteiger partial charge in [-0.25, -0.2) is 4.98 Å². The minimum Gasteiger partial charge on any atom is -0.342 e. The fourth-order valence-electron chi connectivity index (χ4n) is 4.85. The Hall–Kier alpha value is -2.44. The van der Waals surface area contributed by atoms with Crippen LogP contribution in [0.5, 0.6) is 0 Å². The summed E-state index contributed by atoms with van der Waals surface area (Å²) >= 11 is 0. The van der Waals surface area contributed by atoms with E-state index in [4.69, 9.17) is 0 Å². The van der Waals surface area contributed by atoms with Gasteiger partial charge < -0.3 is 9.80 Å². The molecule has 1 saturated carbocycles. The molecule has 0 N–H and O–H groups in total. The van der Waals surface area contributed by atoms with Crippen molar-refractivity contribution in [1.29, 1.82) is 0 Å². The van der Waals surface area contributed by atoms with E-state index in [1.807, 2.05) is 4.90 Å². The third-order valence-electron chi connectivity index (χ3n) is 6.55. The molecular weight excluding hydrogens is 359 g/mol. The molecule has 0 radical (unpaired) electrons. The molecule has 1 spiro atoms. The number of piperidine rings is 2. The van der Waals surface area contributed by atoms with E-state index in [0.717, 1.165) is 32.4 Å². The summed E-state index contributed by atoms with van der Waals surface area (Å²) in [6.45, 7) is 2.77. The predicted molar refractivity (Wildman–Crippen MR) is 101 cm³/mol. The second-order valence-electron chi connectivity index (χ2n) is 8.73. The van der Waals surface area contributed by atoms with Gasteiger partial charge in [-0.2, -0.15) is 4.39 Å². The minimum absolute atomic E-state index is 0.0632. The van der Waals surface area contributed by atoms with Crippen LogP contribution in [-0.2, 0) is 4.79 Å². The summed E-state index contributed by atoms with van der Waals surface area (Å²) < 4.78 is 16.0. The molecule has 2 aromatic rings. The molecule has 2 aromatic heterocycles. The van der Waals surface area contributed by atoms with Crippen LogP contribution in [0.3, 0.4) is 0 Å². The third-order valence-corrected chi connectivity index (χ3v) is 6.55. The number of pyridine rings is 1. The average Bonchev–Trinajstić information content (AvgIpc) is 3.46. The molecule has 3 fully saturated rings. The first-order chi connectivity index (χ1) is 13.5. The molecule has 1 atom stereocenters. The average molecular weight is 384 g/mol. The maximum Gasteiger partial charge on any atom is 0.277 e. The Bertz CT molecular complexity index is 938. The van der Waals surface area contributed by atoms with Crippen LogP contribution >= 0.6 is 0 Å². The van der Waals surface area contributed by atoms with E-state index in [1.54, 1.807) is 29.3 Å². The highest BCUT2D eigenvalue weighted by molar-refractivity contribution is 5.93. The van der Waals surface area contributed by atoms with Gasteiger partial charge in [0.2, 0.25) is 11.9 Å². The Balaban J connectivity index is 1.36. The molecule has 3 aliphatic rings. The Morgan fingerprint density at radius 3 is 2.89 bits per heavy atom. The van der Waals surface area contributed by atoms with Gasteiger partial charge >= 0.3 is 0 Å². The van der Waals surface area contributed by atoms with Crippen molar-refractivity contribution in [3.63, 3.8) is 0 Å². The van der Waals surface area contributed by atoms with Gasteiger partial charge in [0.25, 0.3) is 5.91 Å². The largest absolute Gasteiger partial charge is 0.342 e. The normalized spacial score (nSPS) is 25.7. The van der Waals surface area contributed by atoms with E-state index in [0.29, 0.717) is 31.1 Å². The van der Waals surface area contributed by atoms with Crippen molar-refractivity contribution in [3.8, 4) is 0 Å². The number of carbonyl (C=O) groups excluding carboxylic acids is 2. The molecule has 0 aromatic carbocycles. The first-order valence-corrected chi connectivity index (χ1v) is 10.2. The number of fused-ring (bicyclic) bond motifs is 1. The van der Waals surface area contributed by atoms with Crippen LogP contribution in [0, 0.1) is 17.3 Å². The number of carbonyl (C=O) groups is 2. The quantitative estimate of drug-likeness (QED) is 0.818. The first kappa shape index (κ1) is 17.6. The SMILES string of the molecule is O=C1CCC2(CCCN(C(=O)c3nc4ccccn4c3F)C2)CN1CC1CC1. The van der Waals surface area contributed by atoms with Crippen LogP contribution in [-0.4, -0.2) is 57.2 Å². The van der Waals surface area contributed by atoms with Crippen LogP contribution in [0.15, 0.2) is 24.4 Å². The molecule has 2 aliphatic heterocycles. The molecule has 28 heavy (non-hydrogen) atoms. The second kappa shape index (κ2) is 6.57.